The summed E-state index contributed by atoms with van der Waals surface area (Å²) in [6.07, 6.45) is 6.18. The molecule has 1 nitrogen and oxygen atoms in total. The lowest BCUT2D eigenvalue weighted by Gasteiger charge is -2.26. The van der Waals surface area contributed by atoms with Crippen LogP contribution in [0.15, 0.2) is 164 Å². The van der Waals surface area contributed by atoms with E-state index in [2.05, 4.69) is 158 Å². The van der Waals surface area contributed by atoms with Gasteiger partial charge in [-0.25, -0.2) is 0 Å². The molecule has 1 heteroatoms. The van der Waals surface area contributed by atoms with Crippen LogP contribution >= 0.6 is 0 Å². The van der Waals surface area contributed by atoms with Crippen molar-refractivity contribution in [3.8, 4) is 11.1 Å². The topological polar surface area (TPSA) is 3.24 Å². The number of hydrogen-bond acceptors (Lipinski definition) is 1. The zero-order valence-electron chi connectivity index (χ0n) is 21.7. The highest BCUT2D eigenvalue weighted by molar-refractivity contribution is 6.08. The molecule has 184 valence electrons. The Labute approximate surface area is 226 Å². The molecule has 5 aromatic carbocycles. The maximum Gasteiger partial charge on any atom is 0.0462 e. The molecule has 0 aromatic heterocycles. The standard InChI is InChI=1S/C37H31N/c1-3-16-35(34(4-2)37-24-15-14-23-36(37)29-17-8-5-9-18-29)30-25-27-33(28-26-30)38(31-19-10-6-11-20-31)32-21-12-7-13-22-32/h3-28H,1H2,2H3/b34-4+,35-16-. The maximum absolute atomic E-state index is 4.03. The largest absolute Gasteiger partial charge is 0.311 e. The highest BCUT2D eigenvalue weighted by atomic mass is 15.1. The highest BCUT2D eigenvalue weighted by Crippen LogP contribution is 2.39. The molecule has 0 aliphatic heterocycles. The molecule has 0 amide bonds. The lowest BCUT2D eigenvalue weighted by Crippen LogP contribution is -2.09. The second-order valence-electron chi connectivity index (χ2n) is 8.98. The first kappa shape index (κ1) is 24.8. The first-order chi connectivity index (χ1) is 18.8. The summed E-state index contributed by atoms with van der Waals surface area (Å²) in [4.78, 5) is 2.28. The normalized spacial score (nSPS) is 11.7. The molecule has 5 rings (SSSR count). The molecule has 0 atom stereocenters. The summed E-state index contributed by atoms with van der Waals surface area (Å²) in [7, 11) is 0. The summed E-state index contributed by atoms with van der Waals surface area (Å²) in [5, 5.41) is 0. The number of rotatable bonds is 8. The minimum atomic E-state index is 1.11. The quantitative estimate of drug-likeness (QED) is 0.196. The van der Waals surface area contributed by atoms with Gasteiger partial charge in [-0.05, 0) is 76.7 Å². The van der Waals surface area contributed by atoms with E-state index in [1.807, 2.05) is 18.2 Å². The molecule has 0 unspecified atom stereocenters. The molecule has 0 fully saturated rings. The van der Waals surface area contributed by atoms with Gasteiger partial charge in [0.2, 0.25) is 0 Å². The van der Waals surface area contributed by atoms with Crippen LogP contribution in [0.3, 0.4) is 0 Å². The lowest BCUT2D eigenvalue weighted by molar-refractivity contribution is 1.28. The van der Waals surface area contributed by atoms with E-state index in [9.17, 15) is 0 Å². The van der Waals surface area contributed by atoms with Gasteiger partial charge in [0.25, 0.3) is 0 Å². The molecule has 38 heavy (non-hydrogen) atoms. The van der Waals surface area contributed by atoms with E-state index in [4.69, 9.17) is 0 Å². The van der Waals surface area contributed by atoms with E-state index in [1.54, 1.807) is 0 Å². The summed E-state index contributed by atoms with van der Waals surface area (Å²) in [5.41, 5.74) is 10.4. The second-order valence-corrected chi connectivity index (χ2v) is 8.98. The van der Waals surface area contributed by atoms with Crippen LogP contribution in [0.4, 0.5) is 17.1 Å². The molecule has 0 bridgehead atoms. The van der Waals surface area contributed by atoms with Gasteiger partial charge in [-0.3, -0.25) is 0 Å². The fourth-order valence-electron chi connectivity index (χ4n) is 4.89. The summed E-state index contributed by atoms with van der Waals surface area (Å²) < 4.78 is 0. The van der Waals surface area contributed by atoms with Crippen LogP contribution in [0.1, 0.15) is 18.1 Å². The van der Waals surface area contributed by atoms with Gasteiger partial charge < -0.3 is 4.90 Å². The van der Waals surface area contributed by atoms with Gasteiger partial charge >= 0.3 is 0 Å². The molecular formula is C37H31N. The Morgan fingerprint density at radius 2 is 1.05 bits per heavy atom. The Bertz CT molecular complexity index is 1500. The minimum absolute atomic E-state index is 1.11. The minimum Gasteiger partial charge on any atom is -0.311 e. The maximum atomic E-state index is 4.03. The fourth-order valence-corrected chi connectivity index (χ4v) is 4.89. The Hall–Kier alpha value is -4.88. The number of benzene rings is 5. The zero-order chi connectivity index (χ0) is 26.2. The third-order valence-corrected chi connectivity index (χ3v) is 6.63. The van der Waals surface area contributed by atoms with E-state index in [0.29, 0.717) is 0 Å². The van der Waals surface area contributed by atoms with Crippen LogP contribution < -0.4 is 4.90 Å². The molecule has 0 spiro atoms. The van der Waals surface area contributed by atoms with E-state index < -0.39 is 0 Å². The average Bonchev–Trinajstić information content (AvgIpc) is 2.99. The van der Waals surface area contributed by atoms with Crippen LogP contribution in [0.25, 0.3) is 22.3 Å². The van der Waals surface area contributed by atoms with Crippen LogP contribution in [0, 0.1) is 0 Å². The van der Waals surface area contributed by atoms with Crippen LogP contribution in [0.2, 0.25) is 0 Å². The van der Waals surface area contributed by atoms with Crippen molar-refractivity contribution in [2.45, 2.75) is 6.92 Å². The smallest absolute Gasteiger partial charge is 0.0462 e. The fraction of sp³-hybridized carbons (Fsp3) is 0.0270. The van der Waals surface area contributed by atoms with Crippen LogP contribution in [-0.4, -0.2) is 0 Å². The second kappa shape index (κ2) is 11.9. The van der Waals surface area contributed by atoms with Gasteiger partial charge in [0.05, 0.1) is 0 Å². The molecule has 0 aliphatic rings. The predicted molar refractivity (Wildman–Crippen MR) is 165 cm³/mol. The predicted octanol–water partition coefficient (Wildman–Crippen LogP) is 10.5. The number of hydrogen-bond donors (Lipinski definition) is 0. The number of nitrogens with zero attached hydrogens (tertiary/aromatic N) is 1. The zero-order valence-corrected chi connectivity index (χ0v) is 21.7. The lowest BCUT2D eigenvalue weighted by atomic mass is 9.87. The Kier molecular flexibility index (Phi) is 7.77. The van der Waals surface area contributed by atoms with Crippen molar-refractivity contribution in [2.24, 2.45) is 0 Å². The first-order valence-electron chi connectivity index (χ1n) is 12.9. The van der Waals surface area contributed by atoms with E-state index in [-0.39, 0.29) is 0 Å². The monoisotopic (exact) mass is 489 g/mol. The summed E-state index contributed by atoms with van der Waals surface area (Å²) in [5.74, 6) is 0. The third-order valence-electron chi connectivity index (χ3n) is 6.63. The summed E-state index contributed by atoms with van der Waals surface area (Å²) in [6.45, 7) is 6.14. The van der Waals surface area contributed by atoms with Gasteiger partial charge in [0.1, 0.15) is 0 Å². The van der Waals surface area contributed by atoms with E-state index in [1.165, 1.54) is 22.3 Å². The van der Waals surface area contributed by atoms with E-state index in [0.717, 1.165) is 28.2 Å². The summed E-state index contributed by atoms with van der Waals surface area (Å²) >= 11 is 0. The van der Waals surface area contributed by atoms with Gasteiger partial charge in [-0.2, -0.15) is 0 Å². The van der Waals surface area contributed by atoms with Crippen molar-refractivity contribution in [3.05, 3.63) is 175 Å². The van der Waals surface area contributed by atoms with Crippen molar-refractivity contribution < 1.29 is 0 Å². The van der Waals surface area contributed by atoms with Crippen molar-refractivity contribution >= 4 is 28.2 Å². The van der Waals surface area contributed by atoms with Crippen molar-refractivity contribution in [2.75, 3.05) is 4.90 Å². The van der Waals surface area contributed by atoms with Gasteiger partial charge in [-0.1, -0.05) is 128 Å². The van der Waals surface area contributed by atoms with Crippen LogP contribution in [-0.2, 0) is 0 Å². The number of anilines is 3. The van der Waals surface area contributed by atoms with Gasteiger partial charge in [0.15, 0.2) is 0 Å². The number of allylic oxidation sites excluding steroid dienone is 5. The highest BCUT2D eigenvalue weighted by Gasteiger charge is 2.16. The number of para-hydroxylation sites is 2. The molecule has 0 aliphatic carbocycles. The Balaban J connectivity index is 1.56. The van der Waals surface area contributed by atoms with Crippen molar-refractivity contribution in [3.63, 3.8) is 0 Å². The SMILES string of the molecule is C=C/C=C(\C(=C/C)c1ccccc1-c1ccccc1)c1ccc(N(c2ccccc2)c2ccccc2)cc1. The molecule has 0 N–H and O–H groups in total. The third kappa shape index (κ3) is 5.28. The molecule has 5 aromatic rings. The average molecular weight is 490 g/mol. The molecule has 0 heterocycles. The molecule has 0 saturated carbocycles. The van der Waals surface area contributed by atoms with Gasteiger partial charge in [0, 0.05) is 17.1 Å². The Morgan fingerprint density at radius 3 is 1.61 bits per heavy atom. The van der Waals surface area contributed by atoms with Crippen LogP contribution in [0.5, 0.6) is 0 Å². The van der Waals surface area contributed by atoms with Crippen molar-refractivity contribution in [1.29, 1.82) is 0 Å². The molecular weight excluding hydrogens is 458 g/mol. The molecule has 0 saturated heterocycles. The Morgan fingerprint density at radius 1 is 0.553 bits per heavy atom. The summed E-state index contributed by atoms with van der Waals surface area (Å²) in [6, 6.07) is 49.0. The first-order valence-corrected chi connectivity index (χ1v) is 12.9. The van der Waals surface area contributed by atoms with Crippen molar-refractivity contribution in [1.82, 2.24) is 0 Å². The van der Waals surface area contributed by atoms with Gasteiger partial charge in [-0.15, -0.1) is 0 Å². The van der Waals surface area contributed by atoms with E-state index >= 15 is 0 Å². The molecule has 0 radical (unpaired) electrons.